The number of aromatic nitrogens is 2. The van der Waals surface area contributed by atoms with Crippen molar-refractivity contribution < 1.29 is 5.11 Å². The van der Waals surface area contributed by atoms with Crippen molar-refractivity contribution in [3.8, 4) is 11.3 Å². The van der Waals surface area contributed by atoms with Crippen molar-refractivity contribution in [1.82, 2.24) is 9.97 Å². The predicted octanol–water partition coefficient (Wildman–Crippen LogP) is 3.57. The number of nitrogens with zero attached hydrogens (tertiary/aromatic N) is 1. The average molecular weight is 309 g/mol. The van der Waals surface area contributed by atoms with Crippen LogP contribution >= 0.6 is 15.9 Å². The summed E-state index contributed by atoms with van der Waals surface area (Å²) < 4.78 is 1.03. The topological polar surface area (TPSA) is 48.9 Å². The molecule has 18 heavy (non-hydrogen) atoms. The largest absolute Gasteiger partial charge is 0.396 e. The van der Waals surface area contributed by atoms with Gasteiger partial charge in [-0.3, -0.25) is 0 Å². The zero-order valence-electron chi connectivity index (χ0n) is 10.5. The van der Waals surface area contributed by atoms with Gasteiger partial charge >= 0.3 is 0 Å². The average Bonchev–Trinajstić information content (AvgIpc) is 2.79. The summed E-state index contributed by atoms with van der Waals surface area (Å²) in [7, 11) is 0. The van der Waals surface area contributed by atoms with E-state index < -0.39 is 0 Å². The van der Waals surface area contributed by atoms with Gasteiger partial charge in [0.2, 0.25) is 0 Å². The molecule has 2 aromatic rings. The first-order valence-electron chi connectivity index (χ1n) is 6.04. The molecular weight excluding hydrogens is 292 g/mol. The normalized spacial score (nSPS) is 12.9. The molecule has 0 saturated heterocycles. The molecule has 4 heteroatoms. The Labute approximate surface area is 115 Å². The smallest absolute Gasteiger partial charge is 0.112 e. The maximum Gasteiger partial charge on any atom is 0.112 e. The van der Waals surface area contributed by atoms with Gasteiger partial charge in [-0.25, -0.2) is 4.98 Å². The molecule has 1 aromatic heterocycles. The molecule has 0 amide bonds. The zero-order valence-corrected chi connectivity index (χ0v) is 12.1. The van der Waals surface area contributed by atoms with Gasteiger partial charge < -0.3 is 10.1 Å². The van der Waals surface area contributed by atoms with Gasteiger partial charge in [0.25, 0.3) is 0 Å². The lowest BCUT2D eigenvalue weighted by atomic mass is 9.96. The molecule has 0 aliphatic carbocycles. The minimum atomic E-state index is 0.0567. The van der Waals surface area contributed by atoms with E-state index >= 15 is 0 Å². The number of aliphatic hydroxyl groups is 1. The van der Waals surface area contributed by atoms with E-state index in [9.17, 15) is 5.11 Å². The van der Waals surface area contributed by atoms with Crippen LogP contribution in [-0.2, 0) is 0 Å². The van der Waals surface area contributed by atoms with E-state index in [4.69, 9.17) is 0 Å². The van der Waals surface area contributed by atoms with Gasteiger partial charge in [0, 0.05) is 16.0 Å². The fourth-order valence-corrected chi connectivity index (χ4v) is 2.45. The van der Waals surface area contributed by atoms with Crippen LogP contribution in [0.5, 0.6) is 0 Å². The van der Waals surface area contributed by atoms with Crippen molar-refractivity contribution in [1.29, 1.82) is 0 Å². The van der Waals surface area contributed by atoms with Crippen molar-refractivity contribution in [2.75, 3.05) is 6.61 Å². The number of aromatic amines is 1. The molecule has 1 aromatic carbocycles. The summed E-state index contributed by atoms with van der Waals surface area (Å²) in [6.07, 6.45) is 1.82. The Morgan fingerprint density at radius 1 is 1.33 bits per heavy atom. The standard InChI is InChI=1S/C14H17BrN2O/c1-9(2)11(8-18)14-16-7-13(17-14)10-5-3-4-6-12(10)15/h3-7,9,11,18H,8H2,1-2H3,(H,16,17). The molecule has 0 saturated carbocycles. The quantitative estimate of drug-likeness (QED) is 0.907. The monoisotopic (exact) mass is 308 g/mol. The highest BCUT2D eigenvalue weighted by molar-refractivity contribution is 9.10. The predicted molar refractivity (Wildman–Crippen MR) is 76.4 cm³/mol. The third-order valence-corrected chi connectivity index (χ3v) is 3.80. The van der Waals surface area contributed by atoms with E-state index in [1.165, 1.54) is 0 Å². The van der Waals surface area contributed by atoms with Gasteiger partial charge in [-0.15, -0.1) is 0 Å². The Morgan fingerprint density at radius 3 is 2.67 bits per heavy atom. The minimum Gasteiger partial charge on any atom is -0.396 e. The second kappa shape index (κ2) is 5.67. The van der Waals surface area contributed by atoms with Crippen LogP contribution < -0.4 is 0 Å². The number of aliphatic hydroxyl groups excluding tert-OH is 1. The van der Waals surface area contributed by atoms with Crippen LogP contribution in [0.1, 0.15) is 25.6 Å². The number of halogens is 1. The lowest BCUT2D eigenvalue weighted by Crippen LogP contribution is -2.12. The molecule has 0 aliphatic rings. The Hall–Kier alpha value is -1.13. The van der Waals surface area contributed by atoms with Crippen molar-refractivity contribution >= 4 is 15.9 Å². The highest BCUT2D eigenvalue weighted by Gasteiger charge is 2.18. The molecule has 96 valence electrons. The van der Waals surface area contributed by atoms with Crippen LogP contribution in [0, 0.1) is 5.92 Å². The first kappa shape index (κ1) is 13.3. The fraction of sp³-hybridized carbons (Fsp3) is 0.357. The molecule has 2 N–H and O–H groups in total. The molecule has 0 bridgehead atoms. The third kappa shape index (κ3) is 2.65. The van der Waals surface area contributed by atoms with Crippen LogP contribution in [0.2, 0.25) is 0 Å². The number of rotatable bonds is 4. The summed E-state index contributed by atoms with van der Waals surface area (Å²) >= 11 is 3.53. The lowest BCUT2D eigenvalue weighted by Gasteiger charge is -2.15. The summed E-state index contributed by atoms with van der Waals surface area (Å²) in [5, 5.41) is 9.42. The Bertz CT molecular complexity index is 522. The van der Waals surface area contributed by atoms with Crippen molar-refractivity contribution in [2.45, 2.75) is 19.8 Å². The van der Waals surface area contributed by atoms with E-state index in [0.717, 1.165) is 21.6 Å². The van der Waals surface area contributed by atoms with Crippen LogP contribution in [0.4, 0.5) is 0 Å². The molecule has 1 unspecified atom stereocenters. The summed E-state index contributed by atoms with van der Waals surface area (Å²) in [5.41, 5.74) is 2.05. The van der Waals surface area contributed by atoms with Crippen molar-refractivity contribution in [3.63, 3.8) is 0 Å². The molecular formula is C14H17BrN2O. The highest BCUT2D eigenvalue weighted by atomic mass is 79.9. The number of nitrogens with one attached hydrogen (secondary N) is 1. The zero-order chi connectivity index (χ0) is 13.1. The Morgan fingerprint density at radius 2 is 2.06 bits per heavy atom. The van der Waals surface area contributed by atoms with E-state index in [1.807, 2.05) is 30.5 Å². The van der Waals surface area contributed by atoms with Crippen LogP contribution in [0.25, 0.3) is 11.3 Å². The SMILES string of the molecule is CC(C)C(CO)c1ncc(-c2ccccc2Br)[nH]1. The molecule has 0 radical (unpaired) electrons. The number of H-pyrrole nitrogens is 1. The number of hydrogen-bond donors (Lipinski definition) is 2. The van der Waals surface area contributed by atoms with Gasteiger partial charge in [-0.2, -0.15) is 0 Å². The van der Waals surface area contributed by atoms with Gasteiger partial charge in [-0.05, 0) is 12.0 Å². The second-order valence-corrected chi connectivity index (χ2v) is 5.55. The highest BCUT2D eigenvalue weighted by Crippen LogP contribution is 2.29. The number of imidazole rings is 1. The van der Waals surface area contributed by atoms with Crippen LogP contribution in [0.3, 0.4) is 0 Å². The molecule has 2 rings (SSSR count). The molecule has 0 fully saturated rings. The molecule has 3 nitrogen and oxygen atoms in total. The first-order chi connectivity index (χ1) is 8.63. The van der Waals surface area contributed by atoms with Gasteiger partial charge in [-0.1, -0.05) is 48.0 Å². The Balaban J connectivity index is 2.34. The van der Waals surface area contributed by atoms with Crippen LogP contribution in [-0.4, -0.2) is 21.7 Å². The third-order valence-electron chi connectivity index (χ3n) is 3.11. The van der Waals surface area contributed by atoms with Crippen LogP contribution in [0.15, 0.2) is 34.9 Å². The van der Waals surface area contributed by atoms with Gasteiger partial charge in [0.05, 0.1) is 18.5 Å². The summed E-state index contributed by atoms with van der Waals surface area (Å²) in [4.78, 5) is 7.69. The van der Waals surface area contributed by atoms with Crippen molar-refractivity contribution in [3.05, 3.63) is 40.8 Å². The Kier molecular flexibility index (Phi) is 4.19. The number of hydrogen-bond acceptors (Lipinski definition) is 2. The van der Waals surface area contributed by atoms with Crippen molar-refractivity contribution in [2.24, 2.45) is 5.92 Å². The summed E-state index contributed by atoms with van der Waals surface area (Å²) in [6, 6.07) is 8.01. The molecule has 1 heterocycles. The second-order valence-electron chi connectivity index (χ2n) is 4.70. The fourth-order valence-electron chi connectivity index (χ4n) is 1.95. The molecule has 0 aliphatic heterocycles. The van der Waals surface area contributed by atoms with E-state index in [-0.39, 0.29) is 12.5 Å². The first-order valence-corrected chi connectivity index (χ1v) is 6.83. The van der Waals surface area contributed by atoms with E-state index in [0.29, 0.717) is 5.92 Å². The minimum absolute atomic E-state index is 0.0567. The van der Waals surface area contributed by atoms with E-state index in [2.05, 4.69) is 39.7 Å². The molecule has 1 atom stereocenters. The summed E-state index contributed by atoms with van der Waals surface area (Å²) in [5.74, 6) is 1.26. The number of benzene rings is 1. The van der Waals surface area contributed by atoms with Gasteiger partial charge in [0.1, 0.15) is 5.82 Å². The molecule has 0 spiro atoms. The maximum absolute atomic E-state index is 9.42. The lowest BCUT2D eigenvalue weighted by molar-refractivity contribution is 0.232. The van der Waals surface area contributed by atoms with Gasteiger partial charge in [0.15, 0.2) is 0 Å². The summed E-state index contributed by atoms with van der Waals surface area (Å²) in [6.45, 7) is 4.28. The van der Waals surface area contributed by atoms with E-state index in [1.54, 1.807) is 0 Å². The maximum atomic E-state index is 9.42.